The number of ether oxygens (including phenoxy) is 3. The van der Waals surface area contributed by atoms with Crippen LogP contribution in [0.15, 0.2) is 17.2 Å². The van der Waals surface area contributed by atoms with Crippen LogP contribution in [0.1, 0.15) is 62.6 Å². The summed E-state index contributed by atoms with van der Waals surface area (Å²) in [5.41, 5.74) is 5.18. The Morgan fingerprint density at radius 1 is 1.04 bits per heavy atom. The lowest BCUT2D eigenvalue weighted by molar-refractivity contribution is 0.338. The normalized spacial score (nSPS) is 21.3. The van der Waals surface area contributed by atoms with Gasteiger partial charge in [-0.15, -0.1) is 0 Å². The Kier molecular flexibility index (Phi) is 5.24. The third kappa shape index (κ3) is 3.00. The highest BCUT2D eigenvalue weighted by molar-refractivity contribution is 5.76. The van der Waals surface area contributed by atoms with Gasteiger partial charge in [0.05, 0.1) is 32.8 Å². The standard InChI is InChI=1S/C23H29NO3/c1-14(2)19-20(25-4)16-9-10-18-15(8-7-11-23(18,3)13-24)12-17(16)21(26-5)22(19)27-6/h9-10,14H,7-8,11-12H2,1-6H3. The third-order valence-corrected chi connectivity index (χ3v) is 5.91. The van der Waals surface area contributed by atoms with Crippen molar-refractivity contribution < 1.29 is 14.2 Å². The molecule has 1 atom stereocenters. The third-order valence-electron chi connectivity index (χ3n) is 5.91. The van der Waals surface area contributed by atoms with E-state index in [1.165, 1.54) is 5.57 Å². The Morgan fingerprint density at radius 2 is 1.70 bits per heavy atom. The van der Waals surface area contributed by atoms with Gasteiger partial charge in [-0.3, -0.25) is 0 Å². The van der Waals surface area contributed by atoms with Crippen LogP contribution >= 0.6 is 0 Å². The van der Waals surface area contributed by atoms with E-state index in [0.717, 1.165) is 65.2 Å². The summed E-state index contributed by atoms with van der Waals surface area (Å²) < 4.78 is 17.5. The maximum Gasteiger partial charge on any atom is 0.168 e. The van der Waals surface area contributed by atoms with Crippen molar-refractivity contribution in [3.63, 3.8) is 0 Å². The maximum absolute atomic E-state index is 9.81. The molecule has 0 radical (unpaired) electrons. The molecule has 4 nitrogen and oxygen atoms in total. The van der Waals surface area contributed by atoms with Crippen molar-refractivity contribution >= 4 is 6.08 Å². The van der Waals surface area contributed by atoms with Crippen LogP contribution in [0.25, 0.3) is 6.08 Å². The van der Waals surface area contributed by atoms with Crippen LogP contribution in [0, 0.1) is 16.7 Å². The average molecular weight is 367 g/mol. The van der Waals surface area contributed by atoms with Gasteiger partial charge in [-0.1, -0.05) is 31.6 Å². The number of allylic oxidation sites excluding steroid dienone is 3. The minimum absolute atomic E-state index is 0.220. The average Bonchev–Trinajstić information content (AvgIpc) is 2.86. The van der Waals surface area contributed by atoms with Crippen LogP contribution in [0.3, 0.4) is 0 Å². The Hall–Kier alpha value is -2.41. The molecule has 3 rings (SSSR count). The van der Waals surface area contributed by atoms with Crippen LogP contribution < -0.4 is 14.2 Å². The van der Waals surface area contributed by atoms with Crippen LogP contribution in [0.5, 0.6) is 17.2 Å². The quantitative estimate of drug-likeness (QED) is 0.713. The summed E-state index contributed by atoms with van der Waals surface area (Å²) in [7, 11) is 5.08. The number of hydrogen-bond donors (Lipinski definition) is 0. The molecule has 0 N–H and O–H groups in total. The van der Waals surface area contributed by atoms with Crippen molar-refractivity contribution in [3.05, 3.63) is 33.9 Å². The fourth-order valence-corrected chi connectivity index (χ4v) is 4.58. The van der Waals surface area contributed by atoms with E-state index < -0.39 is 5.41 Å². The summed E-state index contributed by atoms with van der Waals surface area (Å²) in [6, 6.07) is 2.55. The summed E-state index contributed by atoms with van der Waals surface area (Å²) in [6.45, 7) is 6.31. The van der Waals surface area contributed by atoms with Gasteiger partial charge < -0.3 is 14.2 Å². The molecular formula is C23H29NO3. The van der Waals surface area contributed by atoms with E-state index in [9.17, 15) is 5.26 Å². The first-order valence-corrected chi connectivity index (χ1v) is 9.58. The van der Waals surface area contributed by atoms with Gasteiger partial charge in [0.25, 0.3) is 0 Å². The summed E-state index contributed by atoms with van der Waals surface area (Å²) >= 11 is 0. The molecule has 27 heavy (non-hydrogen) atoms. The lowest BCUT2D eigenvalue weighted by Crippen LogP contribution is -2.22. The molecule has 0 saturated carbocycles. The number of nitrogens with zero attached hydrogens (tertiary/aromatic N) is 1. The molecule has 1 aromatic carbocycles. The highest BCUT2D eigenvalue weighted by atomic mass is 16.5. The largest absolute Gasteiger partial charge is 0.496 e. The van der Waals surface area contributed by atoms with E-state index in [-0.39, 0.29) is 5.92 Å². The molecular weight excluding hydrogens is 338 g/mol. The lowest BCUT2D eigenvalue weighted by Gasteiger charge is -2.31. The predicted octanol–water partition coefficient (Wildman–Crippen LogP) is 5.42. The Morgan fingerprint density at radius 3 is 2.26 bits per heavy atom. The zero-order valence-electron chi connectivity index (χ0n) is 17.2. The van der Waals surface area contributed by atoms with E-state index in [1.54, 1.807) is 21.3 Å². The second kappa shape index (κ2) is 7.31. The van der Waals surface area contributed by atoms with Crippen molar-refractivity contribution in [1.29, 1.82) is 5.26 Å². The van der Waals surface area contributed by atoms with Crippen molar-refractivity contribution in [2.24, 2.45) is 5.41 Å². The molecule has 0 fully saturated rings. The van der Waals surface area contributed by atoms with Crippen molar-refractivity contribution in [2.75, 3.05) is 21.3 Å². The topological polar surface area (TPSA) is 51.5 Å². The van der Waals surface area contributed by atoms with Gasteiger partial charge in [0.1, 0.15) is 5.75 Å². The second-order valence-corrected chi connectivity index (χ2v) is 7.89. The van der Waals surface area contributed by atoms with Crippen LogP contribution in [-0.4, -0.2) is 21.3 Å². The first kappa shape index (κ1) is 19.4. The van der Waals surface area contributed by atoms with Crippen molar-refractivity contribution in [3.8, 4) is 23.3 Å². The van der Waals surface area contributed by atoms with Gasteiger partial charge in [-0.05, 0) is 44.1 Å². The molecule has 0 saturated heterocycles. The Balaban J connectivity index is 2.32. The first-order valence-electron chi connectivity index (χ1n) is 9.58. The fraction of sp³-hybridized carbons (Fsp3) is 0.522. The molecule has 0 amide bonds. The van der Waals surface area contributed by atoms with Crippen LogP contribution in [0.2, 0.25) is 0 Å². The number of hydrogen-bond acceptors (Lipinski definition) is 4. The zero-order valence-corrected chi connectivity index (χ0v) is 17.2. The van der Waals surface area contributed by atoms with E-state index in [2.05, 4.69) is 39.0 Å². The zero-order chi connectivity index (χ0) is 19.8. The monoisotopic (exact) mass is 367 g/mol. The molecule has 1 unspecified atom stereocenters. The molecule has 4 heteroatoms. The molecule has 0 aromatic heterocycles. The van der Waals surface area contributed by atoms with Gasteiger partial charge in [-0.25, -0.2) is 0 Å². The molecule has 2 aliphatic rings. The van der Waals surface area contributed by atoms with Crippen LogP contribution in [-0.2, 0) is 6.42 Å². The highest BCUT2D eigenvalue weighted by Gasteiger charge is 2.36. The molecule has 2 aliphatic carbocycles. The van der Waals surface area contributed by atoms with Crippen LogP contribution in [0.4, 0.5) is 0 Å². The van der Waals surface area contributed by atoms with Gasteiger partial charge in [0.15, 0.2) is 11.5 Å². The van der Waals surface area contributed by atoms with Gasteiger partial charge in [-0.2, -0.15) is 5.26 Å². The molecule has 0 spiro atoms. The van der Waals surface area contributed by atoms with E-state index >= 15 is 0 Å². The summed E-state index contributed by atoms with van der Waals surface area (Å²) in [4.78, 5) is 0. The Bertz CT molecular complexity index is 858. The number of rotatable bonds is 4. The SMILES string of the molecule is COc1c2c(c(OC)c(C(C)C)c1OC)C=CC1=C(CCCC1(C)C#N)C2. The minimum Gasteiger partial charge on any atom is -0.496 e. The summed E-state index contributed by atoms with van der Waals surface area (Å²) in [5.74, 6) is 2.59. The predicted molar refractivity (Wildman–Crippen MR) is 108 cm³/mol. The Labute approximate surface area is 162 Å². The van der Waals surface area contributed by atoms with Gasteiger partial charge in [0, 0.05) is 16.7 Å². The first-order chi connectivity index (χ1) is 12.9. The minimum atomic E-state index is -0.433. The van der Waals surface area contributed by atoms with Crippen molar-refractivity contribution in [2.45, 2.75) is 52.4 Å². The number of methoxy groups -OCH3 is 3. The maximum atomic E-state index is 9.81. The fourth-order valence-electron chi connectivity index (χ4n) is 4.58. The summed E-state index contributed by atoms with van der Waals surface area (Å²) in [5, 5.41) is 9.81. The second-order valence-electron chi connectivity index (χ2n) is 7.89. The van der Waals surface area contributed by atoms with Gasteiger partial charge in [0.2, 0.25) is 0 Å². The molecule has 0 aliphatic heterocycles. The molecule has 1 aromatic rings. The van der Waals surface area contributed by atoms with Crippen molar-refractivity contribution in [1.82, 2.24) is 0 Å². The summed E-state index contributed by atoms with van der Waals surface area (Å²) in [6.07, 6.45) is 7.93. The number of nitriles is 1. The van der Waals surface area contributed by atoms with E-state index in [1.807, 2.05) is 0 Å². The number of fused-ring (bicyclic) bond motifs is 1. The number of benzene rings is 1. The molecule has 0 heterocycles. The van der Waals surface area contributed by atoms with E-state index in [4.69, 9.17) is 14.2 Å². The lowest BCUT2D eigenvalue weighted by atomic mass is 9.71. The highest BCUT2D eigenvalue weighted by Crippen LogP contribution is 2.51. The molecule has 144 valence electrons. The smallest absolute Gasteiger partial charge is 0.168 e. The van der Waals surface area contributed by atoms with Gasteiger partial charge >= 0.3 is 0 Å². The van der Waals surface area contributed by atoms with E-state index in [0.29, 0.717) is 0 Å². The molecule has 0 bridgehead atoms.